The fraction of sp³-hybridized carbons (Fsp3) is 0.333. The first-order valence-electron chi connectivity index (χ1n) is 5.98. The number of aromatic nitrogens is 2. The number of amides is 2. The Labute approximate surface area is 110 Å². The van der Waals surface area contributed by atoms with Crippen LogP contribution in [0.2, 0.25) is 0 Å². The third kappa shape index (κ3) is 3.94. The van der Waals surface area contributed by atoms with E-state index < -0.39 is 0 Å². The molecule has 1 aromatic heterocycles. The molecule has 1 aromatic carbocycles. The number of hydrogen-bond acceptors (Lipinski definition) is 4. The van der Waals surface area contributed by atoms with Crippen molar-refractivity contribution in [3.63, 3.8) is 0 Å². The van der Waals surface area contributed by atoms with Gasteiger partial charge in [-0.25, -0.2) is 9.78 Å². The Kier molecular flexibility index (Phi) is 4.71. The van der Waals surface area contributed by atoms with Crippen molar-refractivity contribution >= 4 is 23.0 Å². The first-order chi connectivity index (χ1) is 9.29. The van der Waals surface area contributed by atoms with E-state index in [1.807, 2.05) is 24.3 Å². The molecule has 7 nitrogen and oxygen atoms in total. The van der Waals surface area contributed by atoms with Crippen molar-refractivity contribution in [2.75, 3.05) is 31.7 Å². The van der Waals surface area contributed by atoms with Crippen LogP contribution in [0.1, 0.15) is 0 Å². The summed E-state index contributed by atoms with van der Waals surface area (Å²) in [7, 11) is 0. The summed E-state index contributed by atoms with van der Waals surface area (Å²) in [5.41, 5.74) is 1.66. The average molecular weight is 264 g/mol. The lowest BCUT2D eigenvalue weighted by molar-refractivity contribution is 0.0950. The monoisotopic (exact) mass is 264 g/mol. The Morgan fingerprint density at radius 3 is 3.00 bits per heavy atom. The van der Waals surface area contributed by atoms with Crippen molar-refractivity contribution in [1.82, 2.24) is 15.3 Å². The number of aliphatic hydroxyl groups is 1. The van der Waals surface area contributed by atoms with Crippen LogP contribution in [0.5, 0.6) is 0 Å². The summed E-state index contributed by atoms with van der Waals surface area (Å²) < 4.78 is 5.02. The van der Waals surface area contributed by atoms with Crippen molar-refractivity contribution in [3.05, 3.63) is 24.3 Å². The van der Waals surface area contributed by atoms with Gasteiger partial charge in [0.05, 0.1) is 30.9 Å². The van der Waals surface area contributed by atoms with E-state index in [-0.39, 0.29) is 19.2 Å². The van der Waals surface area contributed by atoms with Gasteiger partial charge in [0.1, 0.15) is 0 Å². The lowest BCUT2D eigenvalue weighted by Gasteiger charge is -2.05. The highest BCUT2D eigenvalue weighted by Crippen LogP contribution is 2.12. The molecular formula is C12H16N4O3. The van der Waals surface area contributed by atoms with Crippen LogP contribution in [0.4, 0.5) is 10.7 Å². The van der Waals surface area contributed by atoms with Crippen molar-refractivity contribution in [2.24, 2.45) is 0 Å². The number of fused-ring (bicyclic) bond motifs is 1. The van der Waals surface area contributed by atoms with Crippen LogP contribution in [0.15, 0.2) is 24.3 Å². The van der Waals surface area contributed by atoms with E-state index >= 15 is 0 Å². The zero-order valence-electron chi connectivity index (χ0n) is 10.3. The number of imidazole rings is 1. The Bertz CT molecular complexity index is 508. The van der Waals surface area contributed by atoms with Gasteiger partial charge in [0, 0.05) is 6.54 Å². The van der Waals surface area contributed by atoms with Gasteiger partial charge in [0.2, 0.25) is 5.95 Å². The molecular weight excluding hydrogens is 248 g/mol. The minimum atomic E-state index is -0.355. The molecule has 0 radical (unpaired) electrons. The molecule has 2 rings (SSSR count). The molecule has 0 atom stereocenters. The van der Waals surface area contributed by atoms with Crippen LogP contribution in [0.3, 0.4) is 0 Å². The minimum Gasteiger partial charge on any atom is -0.394 e. The SMILES string of the molecule is O=C(NCCOCCO)Nc1nc2ccccc2[nH]1. The minimum absolute atomic E-state index is 0.0226. The Morgan fingerprint density at radius 2 is 2.21 bits per heavy atom. The zero-order chi connectivity index (χ0) is 13.5. The lowest BCUT2D eigenvalue weighted by Crippen LogP contribution is -2.32. The maximum Gasteiger partial charge on any atom is 0.321 e. The molecule has 2 aromatic rings. The molecule has 0 aliphatic rings. The molecule has 0 saturated carbocycles. The third-order valence-corrected chi connectivity index (χ3v) is 2.39. The Morgan fingerprint density at radius 1 is 1.37 bits per heavy atom. The maximum absolute atomic E-state index is 11.5. The molecule has 102 valence electrons. The molecule has 0 fully saturated rings. The highest BCUT2D eigenvalue weighted by atomic mass is 16.5. The molecule has 2 amide bonds. The third-order valence-electron chi connectivity index (χ3n) is 2.39. The number of aliphatic hydroxyl groups excluding tert-OH is 1. The number of H-pyrrole nitrogens is 1. The second-order valence-corrected chi connectivity index (χ2v) is 3.82. The molecule has 0 spiro atoms. The molecule has 1 heterocycles. The van der Waals surface area contributed by atoms with Crippen molar-refractivity contribution in [1.29, 1.82) is 0 Å². The van der Waals surface area contributed by atoms with Gasteiger partial charge in [-0.2, -0.15) is 0 Å². The van der Waals surface area contributed by atoms with Gasteiger partial charge in [0.15, 0.2) is 0 Å². The summed E-state index contributed by atoms with van der Waals surface area (Å²) in [5, 5.41) is 13.7. The van der Waals surface area contributed by atoms with Crippen LogP contribution >= 0.6 is 0 Å². The van der Waals surface area contributed by atoms with E-state index in [1.54, 1.807) is 0 Å². The zero-order valence-corrected chi connectivity index (χ0v) is 10.3. The number of aromatic amines is 1. The summed E-state index contributed by atoms with van der Waals surface area (Å²) in [6, 6.07) is 7.16. The van der Waals surface area contributed by atoms with E-state index in [1.165, 1.54) is 0 Å². The molecule has 0 unspecified atom stereocenters. The number of hydrogen-bond donors (Lipinski definition) is 4. The average Bonchev–Trinajstić information content (AvgIpc) is 2.80. The van der Waals surface area contributed by atoms with Gasteiger partial charge in [-0.3, -0.25) is 5.32 Å². The van der Waals surface area contributed by atoms with E-state index in [2.05, 4.69) is 20.6 Å². The van der Waals surface area contributed by atoms with Crippen molar-refractivity contribution in [2.45, 2.75) is 0 Å². The highest BCUT2D eigenvalue weighted by Gasteiger charge is 2.05. The van der Waals surface area contributed by atoms with Crippen LogP contribution in [0, 0.1) is 0 Å². The van der Waals surface area contributed by atoms with Gasteiger partial charge in [0.25, 0.3) is 0 Å². The summed E-state index contributed by atoms with van der Waals surface area (Å²) in [6.07, 6.45) is 0. The summed E-state index contributed by atoms with van der Waals surface area (Å²) in [6.45, 7) is 0.970. The van der Waals surface area contributed by atoms with Gasteiger partial charge >= 0.3 is 6.03 Å². The summed E-state index contributed by atoms with van der Waals surface area (Å²) in [5.74, 6) is 0.398. The number of benzene rings is 1. The van der Waals surface area contributed by atoms with Crippen LogP contribution in [-0.2, 0) is 4.74 Å². The number of carbonyl (C=O) groups excluding carboxylic acids is 1. The Balaban J connectivity index is 1.78. The number of nitrogens with zero attached hydrogens (tertiary/aromatic N) is 1. The number of ether oxygens (including phenoxy) is 1. The van der Waals surface area contributed by atoms with Crippen molar-refractivity contribution < 1.29 is 14.6 Å². The topological polar surface area (TPSA) is 99.3 Å². The van der Waals surface area contributed by atoms with Crippen LogP contribution in [-0.4, -0.2) is 47.5 Å². The quantitative estimate of drug-likeness (QED) is 0.577. The number of urea groups is 1. The van der Waals surface area contributed by atoms with Crippen LogP contribution < -0.4 is 10.6 Å². The predicted octanol–water partition coefficient (Wildman–Crippen LogP) is 0.693. The van der Waals surface area contributed by atoms with Crippen molar-refractivity contribution in [3.8, 4) is 0 Å². The maximum atomic E-state index is 11.5. The highest BCUT2D eigenvalue weighted by molar-refractivity contribution is 5.89. The standard InChI is InChI=1S/C12H16N4O3/c17-6-8-19-7-5-13-12(18)16-11-14-9-3-1-2-4-10(9)15-11/h1-4,17H,5-8H2,(H3,13,14,15,16,18). The number of anilines is 1. The lowest BCUT2D eigenvalue weighted by atomic mass is 10.3. The first-order valence-corrected chi connectivity index (χ1v) is 5.98. The summed E-state index contributed by atoms with van der Waals surface area (Å²) >= 11 is 0. The fourth-order valence-corrected chi connectivity index (χ4v) is 1.57. The van der Waals surface area contributed by atoms with Gasteiger partial charge in [-0.1, -0.05) is 12.1 Å². The summed E-state index contributed by atoms with van der Waals surface area (Å²) in [4.78, 5) is 18.7. The molecule has 19 heavy (non-hydrogen) atoms. The molecule has 0 bridgehead atoms. The van der Waals surface area contributed by atoms with Gasteiger partial charge < -0.3 is 20.1 Å². The number of carbonyl (C=O) groups is 1. The largest absolute Gasteiger partial charge is 0.394 e. The second kappa shape index (κ2) is 6.72. The molecule has 7 heteroatoms. The van der Waals surface area contributed by atoms with Crippen LogP contribution in [0.25, 0.3) is 11.0 Å². The first kappa shape index (κ1) is 13.3. The predicted molar refractivity (Wildman–Crippen MR) is 71.0 cm³/mol. The molecule has 0 aliphatic heterocycles. The Hall–Kier alpha value is -2.12. The fourth-order valence-electron chi connectivity index (χ4n) is 1.57. The van der Waals surface area contributed by atoms with Gasteiger partial charge in [-0.05, 0) is 12.1 Å². The normalized spacial score (nSPS) is 10.6. The molecule has 4 N–H and O–H groups in total. The molecule has 0 aliphatic carbocycles. The smallest absolute Gasteiger partial charge is 0.321 e. The number of para-hydroxylation sites is 2. The van der Waals surface area contributed by atoms with E-state index in [0.29, 0.717) is 19.1 Å². The molecule has 0 saturated heterocycles. The second-order valence-electron chi connectivity index (χ2n) is 3.82. The number of rotatable bonds is 6. The number of nitrogens with one attached hydrogen (secondary N) is 3. The van der Waals surface area contributed by atoms with E-state index in [4.69, 9.17) is 9.84 Å². The van der Waals surface area contributed by atoms with Gasteiger partial charge in [-0.15, -0.1) is 0 Å². The van der Waals surface area contributed by atoms with E-state index in [9.17, 15) is 4.79 Å². The van der Waals surface area contributed by atoms with E-state index in [0.717, 1.165) is 11.0 Å².